The fourth-order valence-corrected chi connectivity index (χ4v) is 3.05. The summed E-state index contributed by atoms with van der Waals surface area (Å²) in [6, 6.07) is 0.148. The number of ether oxygens (including phenoxy) is 1. The summed E-state index contributed by atoms with van der Waals surface area (Å²) >= 11 is 1.15. The number of aliphatic carboxylic acids is 1. The van der Waals surface area contributed by atoms with Crippen molar-refractivity contribution in [3.05, 3.63) is 0 Å². The van der Waals surface area contributed by atoms with E-state index in [1.807, 2.05) is 4.57 Å². The summed E-state index contributed by atoms with van der Waals surface area (Å²) in [6.45, 7) is 3.59. The molecule has 0 bridgehead atoms. The molecule has 0 aromatic carbocycles. The van der Waals surface area contributed by atoms with Gasteiger partial charge in [-0.3, -0.25) is 9.36 Å². The van der Waals surface area contributed by atoms with Gasteiger partial charge in [-0.1, -0.05) is 11.8 Å². The van der Waals surface area contributed by atoms with Crippen LogP contribution in [0.4, 0.5) is 5.95 Å². The van der Waals surface area contributed by atoms with Crippen LogP contribution in [0.3, 0.4) is 0 Å². The van der Waals surface area contributed by atoms with Crippen molar-refractivity contribution in [1.29, 1.82) is 0 Å². The average Bonchev–Trinajstić information content (AvgIpc) is 2.78. The Morgan fingerprint density at radius 3 is 2.89 bits per heavy atom. The number of nitrogens with zero attached hydrogens (tertiary/aromatic N) is 3. The molecule has 1 aliphatic heterocycles. The molecule has 1 saturated heterocycles. The van der Waals surface area contributed by atoms with Crippen LogP contribution in [0.1, 0.15) is 25.8 Å². The van der Waals surface area contributed by atoms with E-state index >= 15 is 0 Å². The predicted octanol–water partition coefficient (Wildman–Crippen LogP) is 1.02. The van der Waals surface area contributed by atoms with Crippen LogP contribution in [0.15, 0.2) is 5.16 Å². The Hall–Kier alpha value is -1.28. The fraction of sp³-hybridized carbons (Fsp3) is 0.727. The fourth-order valence-electron chi connectivity index (χ4n) is 2.30. The Labute approximate surface area is 115 Å². The zero-order valence-electron chi connectivity index (χ0n) is 10.8. The lowest BCUT2D eigenvalue weighted by Crippen LogP contribution is -2.25. The van der Waals surface area contributed by atoms with Gasteiger partial charge in [0, 0.05) is 19.3 Å². The number of aromatic nitrogens is 3. The molecule has 7 nitrogen and oxygen atoms in total. The maximum absolute atomic E-state index is 10.6. The van der Waals surface area contributed by atoms with Gasteiger partial charge < -0.3 is 15.6 Å². The quantitative estimate of drug-likeness (QED) is 0.779. The molecule has 0 radical (unpaired) electrons. The molecular weight excluding hydrogens is 268 g/mol. The smallest absolute Gasteiger partial charge is 0.313 e. The SMILES string of the molecule is CC(C1CCOCC1)n1c(N)nnc1SCC(=O)O. The molecule has 19 heavy (non-hydrogen) atoms. The van der Waals surface area contributed by atoms with Gasteiger partial charge in [-0.05, 0) is 25.7 Å². The molecule has 106 valence electrons. The number of carboxylic acid groups (broad SMARTS) is 1. The topological polar surface area (TPSA) is 103 Å². The van der Waals surface area contributed by atoms with E-state index in [0.717, 1.165) is 37.8 Å². The third-order valence-electron chi connectivity index (χ3n) is 3.37. The molecule has 0 amide bonds. The maximum Gasteiger partial charge on any atom is 0.313 e. The number of nitrogens with two attached hydrogens (primary N) is 1. The van der Waals surface area contributed by atoms with Crippen molar-refractivity contribution in [2.45, 2.75) is 31.0 Å². The van der Waals surface area contributed by atoms with Crippen molar-refractivity contribution in [3.63, 3.8) is 0 Å². The lowest BCUT2D eigenvalue weighted by molar-refractivity contribution is -0.133. The summed E-state index contributed by atoms with van der Waals surface area (Å²) in [7, 11) is 0. The van der Waals surface area contributed by atoms with Gasteiger partial charge in [0.15, 0.2) is 5.16 Å². The summed E-state index contributed by atoms with van der Waals surface area (Å²) in [5.41, 5.74) is 5.85. The van der Waals surface area contributed by atoms with Gasteiger partial charge in [0.2, 0.25) is 5.95 Å². The van der Waals surface area contributed by atoms with Crippen LogP contribution in [0.5, 0.6) is 0 Å². The molecule has 1 aromatic rings. The van der Waals surface area contributed by atoms with Crippen molar-refractivity contribution in [2.75, 3.05) is 24.7 Å². The summed E-state index contributed by atoms with van der Waals surface area (Å²) < 4.78 is 7.19. The molecule has 8 heteroatoms. The average molecular weight is 286 g/mol. The first-order valence-corrected chi connectivity index (χ1v) is 7.21. The Morgan fingerprint density at radius 1 is 1.58 bits per heavy atom. The highest BCUT2D eigenvalue weighted by atomic mass is 32.2. The van der Waals surface area contributed by atoms with Gasteiger partial charge in [-0.15, -0.1) is 10.2 Å². The molecule has 0 saturated carbocycles. The van der Waals surface area contributed by atoms with Crippen LogP contribution in [-0.4, -0.2) is 44.8 Å². The van der Waals surface area contributed by atoms with Crippen LogP contribution in [0.2, 0.25) is 0 Å². The second kappa shape index (κ2) is 6.25. The van der Waals surface area contributed by atoms with E-state index in [2.05, 4.69) is 17.1 Å². The molecular formula is C11H18N4O3S. The van der Waals surface area contributed by atoms with Gasteiger partial charge in [-0.25, -0.2) is 0 Å². The first-order valence-electron chi connectivity index (χ1n) is 6.22. The monoisotopic (exact) mass is 286 g/mol. The van der Waals surface area contributed by atoms with E-state index in [4.69, 9.17) is 15.6 Å². The highest BCUT2D eigenvalue weighted by Gasteiger charge is 2.26. The maximum atomic E-state index is 10.6. The lowest BCUT2D eigenvalue weighted by Gasteiger charge is -2.29. The van der Waals surface area contributed by atoms with Gasteiger partial charge in [0.25, 0.3) is 0 Å². The van der Waals surface area contributed by atoms with E-state index in [1.165, 1.54) is 0 Å². The highest BCUT2D eigenvalue weighted by molar-refractivity contribution is 7.99. The molecule has 0 aliphatic carbocycles. The van der Waals surface area contributed by atoms with Crippen LogP contribution < -0.4 is 5.73 Å². The van der Waals surface area contributed by atoms with E-state index < -0.39 is 5.97 Å². The second-order valence-electron chi connectivity index (χ2n) is 4.58. The van der Waals surface area contributed by atoms with Crippen molar-refractivity contribution < 1.29 is 14.6 Å². The van der Waals surface area contributed by atoms with Crippen molar-refractivity contribution in [2.24, 2.45) is 5.92 Å². The summed E-state index contributed by atoms with van der Waals surface area (Å²) in [5, 5.41) is 17.1. The minimum Gasteiger partial charge on any atom is -0.481 e. The number of anilines is 1. The lowest BCUT2D eigenvalue weighted by atomic mass is 9.93. The van der Waals surface area contributed by atoms with E-state index in [0.29, 0.717) is 17.0 Å². The number of hydrogen-bond acceptors (Lipinski definition) is 6. The molecule has 1 atom stereocenters. The minimum atomic E-state index is -0.878. The standard InChI is InChI=1S/C11H18N4O3S/c1-7(8-2-4-18-5-3-8)15-10(12)13-14-11(15)19-6-9(16)17/h7-8H,2-6H2,1H3,(H2,12,13)(H,16,17). The number of carboxylic acids is 1. The summed E-state index contributed by atoms with van der Waals surface area (Å²) in [4.78, 5) is 10.6. The van der Waals surface area contributed by atoms with Gasteiger partial charge in [0.1, 0.15) is 0 Å². The first kappa shape index (κ1) is 14.1. The predicted molar refractivity (Wildman–Crippen MR) is 71.0 cm³/mol. The molecule has 1 unspecified atom stereocenters. The molecule has 2 heterocycles. The number of hydrogen-bond donors (Lipinski definition) is 2. The van der Waals surface area contributed by atoms with Gasteiger partial charge in [0.05, 0.1) is 5.75 Å². The molecule has 0 spiro atoms. The normalized spacial score (nSPS) is 18.4. The Bertz CT molecular complexity index is 445. The van der Waals surface area contributed by atoms with E-state index in [1.54, 1.807) is 0 Å². The Balaban J connectivity index is 2.12. The Kier molecular flexibility index (Phi) is 4.65. The number of carbonyl (C=O) groups is 1. The van der Waals surface area contributed by atoms with Crippen molar-refractivity contribution in [1.82, 2.24) is 14.8 Å². The van der Waals surface area contributed by atoms with Gasteiger partial charge >= 0.3 is 5.97 Å². The number of nitrogen functional groups attached to an aromatic ring is 1. The molecule has 1 fully saturated rings. The first-order chi connectivity index (χ1) is 9.09. The third-order valence-corrected chi connectivity index (χ3v) is 4.30. The second-order valence-corrected chi connectivity index (χ2v) is 5.53. The summed E-state index contributed by atoms with van der Waals surface area (Å²) in [5.74, 6) is -0.126. The van der Waals surface area contributed by atoms with Crippen LogP contribution in [0, 0.1) is 5.92 Å². The summed E-state index contributed by atoms with van der Waals surface area (Å²) in [6.07, 6.45) is 1.95. The Morgan fingerprint density at radius 2 is 2.26 bits per heavy atom. The molecule has 1 aromatic heterocycles. The van der Waals surface area contributed by atoms with Crippen LogP contribution in [0.25, 0.3) is 0 Å². The number of rotatable bonds is 5. The van der Waals surface area contributed by atoms with E-state index in [9.17, 15) is 4.79 Å². The minimum absolute atomic E-state index is 0.0430. The zero-order chi connectivity index (χ0) is 13.8. The molecule has 1 aliphatic rings. The molecule has 2 rings (SSSR count). The molecule has 3 N–H and O–H groups in total. The van der Waals surface area contributed by atoms with Crippen molar-refractivity contribution >= 4 is 23.7 Å². The van der Waals surface area contributed by atoms with Gasteiger partial charge in [-0.2, -0.15) is 0 Å². The largest absolute Gasteiger partial charge is 0.481 e. The van der Waals surface area contributed by atoms with Crippen LogP contribution in [-0.2, 0) is 9.53 Å². The van der Waals surface area contributed by atoms with Crippen molar-refractivity contribution in [3.8, 4) is 0 Å². The van der Waals surface area contributed by atoms with E-state index in [-0.39, 0.29) is 11.8 Å². The zero-order valence-corrected chi connectivity index (χ0v) is 11.6. The van der Waals surface area contributed by atoms with Crippen LogP contribution >= 0.6 is 11.8 Å². The number of thioether (sulfide) groups is 1. The highest BCUT2D eigenvalue weighted by Crippen LogP contribution is 2.32. The third kappa shape index (κ3) is 3.38.